The van der Waals surface area contributed by atoms with Crippen molar-refractivity contribution in [2.45, 2.75) is 6.04 Å². The number of carbonyl (C=O) groups is 2. The van der Waals surface area contributed by atoms with E-state index in [9.17, 15) is 9.59 Å². The van der Waals surface area contributed by atoms with Crippen molar-refractivity contribution in [1.82, 2.24) is 0 Å². The van der Waals surface area contributed by atoms with Crippen LogP contribution in [0.15, 0.2) is 42.5 Å². The number of rotatable bonds is 2. The second kappa shape index (κ2) is 5.03. The number of benzene rings is 2. The molecule has 0 radical (unpaired) electrons. The number of ether oxygens (including phenoxy) is 1. The van der Waals surface area contributed by atoms with Gasteiger partial charge in [-0.1, -0.05) is 18.2 Å². The van der Waals surface area contributed by atoms with Gasteiger partial charge in [0.25, 0.3) is 0 Å². The molecule has 1 heterocycles. The van der Waals surface area contributed by atoms with Gasteiger partial charge in [0.05, 0.1) is 12.7 Å². The third-order valence-electron chi connectivity index (χ3n) is 3.57. The van der Waals surface area contributed by atoms with E-state index in [1.165, 1.54) is 7.11 Å². The van der Waals surface area contributed by atoms with E-state index in [1.54, 1.807) is 12.1 Å². The van der Waals surface area contributed by atoms with Crippen LogP contribution in [0, 0.1) is 0 Å². The fourth-order valence-corrected chi connectivity index (χ4v) is 2.38. The van der Waals surface area contributed by atoms with E-state index >= 15 is 0 Å². The maximum absolute atomic E-state index is 11.5. The first-order chi connectivity index (χ1) is 10.1. The Hall–Kier alpha value is -2.66. The summed E-state index contributed by atoms with van der Waals surface area (Å²) in [6.45, 7) is 0. The largest absolute Gasteiger partial charge is 0.465 e. The van der Waals surface area contributed by atoms with E-state index in [0.29, 0.717) is 5.56 Å². The number of hydrogen-bond donors (Lipinski definition) is 2. The van der Waals surface area contributed by atoms with Crippen molar-refractivity contribution in [3.8, 4) is 11.1 Å². The minimum absolute atomic E-state index is 0.191. The fourth-order valence-electron chi connectivity index (χ4n) is 2.38. The zero-order valence-electron chi connectivity index (χ0n) is 11.4. The predicted molar refractivity (Wildman–Crippen MR) is 78.8 cm³/mol. The number of hydrogen-bond acceptors (Lipinski definition) is 4. The zero-order valence-corrected chi connectivity index (χ0v) is 11.4. The van der Waals surface area contributed by atoms with Gasteiger partial charge in [0.2, 0.25) is 5.91 Å². The molecule has 0 aliphatic carbocycles. The molecule has 106 valence electrons. The number of anilines is 1. The highest BCUT2D eigenvalue weighted by Gasteiger charge is 2.27. The van der Waals surface area contributed by atoms with Crippen LogP contribution in [0.2, 0.25) is 0 Å². The summed E-state index contributed by atoms with van der Waals surface area (Å²) in [4.78, 5) is 23.0. The lowest BCUT2D eigenvalue weighted by molar-refractivity contribution is -0.116. The number of methoxy groups -OCH3 is 1. The van der Waals surface area contributed by atoms with Gasteiger partial charge in [-0.25, -0.2) is 4.79 Å². The van der Waals surface area contributed by atoms with Crippen molar-refractivity contribution in [3.05, 3.63) is 53.6 Å². The summed E-state index contributed by atoms with van der Waals surface area (Å²) in [5.74, 6) is -0.560. The van der Waals surface area contributed by atoms with E-state index in [-0.39, 0.29) is 11.9 Å². The first-order valence-corrected chi connectivity index (χ1v) is 6.49. The Labute approximate surface area is 121 Å². The second-order valence-electron chi connectivity index (χ2n) is 4.84. The lowest BCUT2D eigenvalue weighted by atomic mass is 9.99. The Kier molecular flexibility index (Phi) is 3.19. The van der Waals surface area contributed by atoms with E-state index in [2.05, 4.69) is 10.1 Å². The molecule has 0 fully saturated rings. The minimum Gasteiger partial charge on any atom is -0.465 e. The molecule has 21 heavy (non-hydrogen) atoms. The Morgan fingerprint density at radius 3 is 2.48 bits per heavy atom. The van der Waals surface area contributed by atoms with Gasteiger partial charge in [-0.05, 0) is 35.4 Å². The SMILES string of the molecule is COC(=O)c1ccc(-c2ccc3c(c2)C(N)C(=O)N3)cc1. The second-order valence-corrected chi connectivity index (χ2v) is 4.84. The molecule has 0 spiro atoms. The normalized spacial score (nSPS) is 16.3. The van der Waals surface area contributed by atoms with E-state index < -0.39 is 6.04 Å². The highest BCUT2D eigenvalue weighted by atomic mass is 16.5. The van der Waals surface area contributed by atoms with Gasteiger partial charge in [-0.15, -0.1) is 0 Å². The number of nitrogens with two attached hydrogens (primary N) is 1. The quantitative estimate of drug-likeness (QED) is 0.826. The minimum atomic E-state index is -0.630. The average molecular weight is 282 g/mol. The summed E-state index contributed by atoms with van der Waals surface area (Å²) >= 11 is 0. The molecule has 1 unspecified atom stereocenters. The molecule has 2 aromatic carbocycles. The van der Waals surface area contributed by atoms with Gasteiger partial charge in [-0.2, -0.15) is 0 Å². The molecule has 1 atom stereocenters. The van der Waals surface area contributed by atoms with Crippen LogP contribution < -0.4 is 11.1 Å². The van der Waals surface area contributed by atoms with Crippen LogP contribution in [0.3, 0.4) is 0 Å². The maximum atomic E-state index is 11.5. The molecular formula is C16H14N2O3. The van der Waals surface area contributed by atoms with Gasteiger partial charge >= 0.3 is 5.97 Å². The molecule has 1 aliphatic rings. The summed E-state index contributed by atoms with van der Waals surface area (Å²) in [7, 11) is 1.35. The number of esters is 1. The third-order valence-corrected chi connectivity index (χ3v) is 3.57. The van der Waals surface area contributed by atoms with Gasteiger partial charge < -0.3 is 15.8 Å². The lowest BCUT2D eigenvalue weighted by Gasteiger charge is -2.07. The van der Waals surface area contributed by atoms with Crippen molar-refractivity contribution in [2.24, 2.45) is 5.73 Å². The van der Waals surface area contributed by atoms with E-state index in [4.69, 9.17) is 5.73 Å². The standard InChI is InChI=1S/C16H14N2O3/c1-21-16(20)10-4-2-9(3-5-10)11-6-7-13-12(8-11)14(17)15(19)18-13/h2-8,14H,17H2,1H3,(H,18,19). The van der Waals surface area contributed by atoms with Crippen molar-refractivity contribution in [1.29, 1.82) is 0 Å². The zero-order chi connectivity index (χ0) is 15.0. The fraction of sp³-hybridized carbons (Fsp3) is 0.125. The molecule has 1 amide bonds. The number of nitrogens with one attached hydrogen (secondary N) is 1. The Bertz CT molecular complexity index is 723. The third kappa shape index (κ3) is 2.28. The maximum Gasteiger partial charge on any atom is 0.337 e. The highest BCUT2D eigenvalue weighted by Crippen LogP contribution is 2.33. The Morgan fingerprint density at radius 2 is 1.81 bits per heavy atom. The van der Waals surface area contributed by atoms with Gasteiger partial charge in [-0.3, -0.25) is 4.79 Å². The highest BCUT2D eigenvalue weighted by molar-refractivity contribution is 6.03. The van der Waals surface area contributed by atoms with Crippen LogP contribution in [-0.2, 0) is 9.53 Å². The molecule has 3 rings (SSSR count). The smallest absolute Gasteiger partial charge is 0.337 e. The van der Waals surface area contributed by atoms with Crippen molar-refractivity contribution in [2.75, 3.05) is 12.4 Å². The number of fused-ring (bicyclic) bond motifs is 1. The Balaban J connectivity index is 1.95. The number of amides is 1. The van der Waals surface area contributed by atoms with Crippen LogP contribution >= 0.6 is 0 Å². The van der Waals surface area contributed by atoms with Crippen LogP contribution in [-0.4, -0.2) is 19.0 Å². The summed E-state index contributed by atoms with van der Waals surface area (Å²) in [6, 6.07) is 12.1. The van der Waals surface area contributed by atoms with Gasteiger partial charge in [0.1, 0.15) is 6.04 Å². The van der Waals surface area contributed by atoms with Gasteiger partial charge in [0.15, 0.2) is 0 Å². The molecule has 0 saturated heterocycles. The van der Waals surface area contributed by atoms with Crippen molar-refractivity contribution >= 4 is 17.6 Å². The molecule has 3 N–H and O–H groups in total. The van der Waals surface area contributed by atoms with Crippen LogP contribution in [0.4, 0.5) is 5.69 Å². The molecule has 0 aromatic heterocycles. The summed E-state index contributed by atoms with van der Waals surface area (Å²) in [6.07, 6.45) is 0. The van der Waals surface area contributed by atoms with Crippen molar-refractivity contribution < 1.29 is 14.3 Å². The molecule has 2 aromatic rings. The van der Waals surface area contributed by atoms with E-state index in [1.807, 2.05) is 30.3 Å². The molecule has 1 aliphatic heterocycles. The summed E-state index contributed by atoms with van der Waals surface area (Å²) < 4.78 is 4.67. The van der Waals surface area contributed by atoms with Crippen LogP contribution in [0.1, 0.15) is 22.0 Å². The van der Waals surface area contributed by atoms with Crippen LogP contribution in [0.25, 0.3) is 11.1 Å². The predicted octanol–water partition coefficient (Wildman–Crippen LogP) is 2.09. The average Bonchev–Trinajstić information content (AvgIpc) is 2.81. The topological polar surface area (TPSA) is 81.4 Å². The van der Waals surface area contributed by atoms with Crippen molar-refractivity contribution in [3.63, 3.8) is 0 Å². The van der Waals surface area contributed by atoms with Crippen LogP contribution in [0.5, 0.6) is 0 Å². The molecular weight excluding hydrogens is 268 g/mol. The lowest BCUT2D eigenvalue weighted by Crippen LogP contribution is -2.19. The van der Waals surface area contributed by atoms with E-state index in [0.717, 1.165) is 22.4 Å². The first-order valence-electron chi connectivity index (χ1n) is 6.49. The monoisotopic (exact) mass is 282 g/mol. The van der Waals surface area contributed by atoms with Gasteiger partial charge in [0, 0.05) is 11.3 Å². The molecule has 5 nitrogen and oxygen atoms in total. The summed E-state index contributed by atoms with van der Waals surface area (Å²) in [5, 5.41) is 2.73. The molecule has 0 bridgehead atoms. The number of carbonyl (C=O) groups excluding carboxylic acids is 2. The molecule has 5 heteroatoms. The first kappa shape index (κ1) is 13.3. The molecule has 0 saturated carbocycles. The summed E-state index contributed by atoms with van der Waals surface area (Å²) in [5.41, 5.74) is 9.76. The Morgan fingerprint density at radius 1 is 1.14 bits per heavy atom.